The van der Waals surface area contributed by atoms with Gasteiger partial charge in [-0.15, -0.1) is 0 Å². The van der Waals surface area contributed by atoms with E-state index < -0.39 is 0 Å². The van der Waals surface area contributed by atoms with E-state index in [1.54, 1.807) is 25.3 Å². The molecule has 0 N–H and O–H groups in total. The van der Waals surface area contributed by atoms with Gasteiger partial charge < -0.3 is 4.74 Å². The summed E-state index contributed by atoms with van der Waals surface area (Å²) >= 11 is 0. The van der Waals surface area contributed by atoms with E-state index in [1.165, 1.54) is 12.2 Å². The lowest BCUT2D eigenvalue weighted by atomic mass is 10.00. The fourth-order valence-corrected chi connectivity index (χ4v) is 2.27. The Morgan fingerprint density at radius 2 is 2.04 bits per heavy atom. The Labute approximate surface area is 141 Å². The molecule has 0 bridgehead atoms. The molecule has 0 aliphatic carbocycles. The first kappa shape index (κ1) is 17.2. The Morgan fingerprint density at radius 3 is 2.71 bits per heavy atom. The molecule has 0 atom stereocenters. The third-order valence-electron chi connectivity index (χ3n) is 3.22. The number of aromatic nitrogens is 1. The van der Waals surface area contributed by atoms with Gasteiger partial charge in [-0.1, -0.05) is 18.2 Å². The summed E-state index contributed by atoms with van der Waals surface area (Å²) in [6.45, 7) is 2.12. The second-order valence-electron chi connectivity index (χ2n) is 5.09. The van der Waals surface area contributed by atoms with Gasteiger partial charge in [0, 0.05) is 24.5 Å². The third-order valence-corrected chi connectivity index (χ3v) is 3.22. The molecule has 0 amide bonds. The number of allylic oxidation sites excluding steroid dienone is 1. The van der Waals surface area contributed by atoms with E-state index in [-0.39, 0.29) is 5.97 Å². The number of hydrogen-bond acceptors (Lipinski definition) is 4. The van der Waals surface area contributed by atoms with E-state index in [0.29, 0.717) is 6.61 Å². The van der Waals surface area contributed by atoms with Crippen molar-refractivity contribution in [3.05, 3.63) is 77.1 Å². The van der Waals surface area contributed by atoms with Crippen LogP contribution in [0.3, 0.4) is 0 Å². The number of benzene rings is 1. The SMILES string of the molecule is CCOC(=O)C=Cc1cc(C=CC#N)cc(Cc2cccnc2)c1. The van der Waals surface area contributed by atoms with Crippen molar-refractivity contribution in [1.82, 2.24) is 4.98 Å². The Bertz CT molecular complexity index is 787. The van der Waals surface area contributed by atoms with Crippen molar-refractivity contribution in [3.63, 3.8) is 0 Å². The van der Waals surface area contributed by atoms with E-state index >= 15 is 0 Å². The predicted octanol–water partition coefficient (Wildman–Crippen LogP) is 3.79. The number of carbonyl (C=O) groups excluding carboxylic acids is 1. The van der Waals surface area contributed by atoms with Crippen LogP contribution in [0.15, 0.2) is 54.9 Å². The number of pyridine rings is 1. The van der Waals surface area contributed by atoms with Crippen LogP contribution in [-0.4, -0.2) is 17.6 Å². The molecule has 0 radical (unpaired) electrons. The Morgan fingerprint density at radius 1 is 1.25 bits per heavy atom. The van der Waals surface area contributed by atoms with Crippen molar-refractivity contribution in [2.75, 3.05) is 6.61 Å². The molecule has 0 saturated carbocycles. The maximum absolute atomic E-state index is 11.5. The summed E-state index contributed by atoms with van der Waals surface area (Å²) in [5.74, 6) is -0.371. The molecule has 0 unspecified atom stereocenters. The molecule has 4 heteroatoms. The molecule has 24 heavy (non-hydrogen) atoms. The molecule has 1 heterocycles. The topological polar surface area (TPSA) is 63.0 Å². The second kappa shape index (κ2) is 9.06. The van der Waals surface area contributed by atoms with Gasteiger partial charge in [-0.3, -0.25) is 4.98 Å². The fourth-order valence-electron chi connectivity index (χ4n) is 2.27. The average molecular weight is 318 g/mol. The summed E-state index contributed by atoms with van der Waals surface area (Å²) in [5.41, 5.74) is 3.95. The maximum atomic E-state index is 11.5. The second-order valence-corrected chi connectivity index (χ2v) is 5.09. The molecule has 2 rings (SSSR count). The fraction of sp³-hybridized carbons (Fsp3) is 0.150. The van der Waals surface area contributed by atoms with E-state index in [1.807, 2.05) is 42.6 Å². The molecule has 0 aliphatic rings. The Hall–Kier alpha value is -3.19. The van der Waals surface area contributed by atoms with Crippen LogP contribution in [0.4, 0.5) is 0 Å². The van der Waals surface area contributed by atoms with Crippen LogP contribution in [0.1, 0.15) is 29.2 Å². The van der Waals surface area contributed by atoms with E-state index in [0.717, 1.165) is 28.7 Å². The van der Waals surface area contributed by atoms with E-state index in [9.17, 15) is 4.79 Å². The van der Waals surface area contributed by atoms with Gasteiger partial charge in [-0.05, 0) is 59.9 Å². The number of hydrogen-bond donors (Lipinski definition) is 0. The van der Waals surface area contributed by atoms with Crippen LogP contribution in [0.2, 0.25) is 0 Å². The third kappa shape index (κ3) is 5.54. The van der Waals surface area contributed by atoms with Crippen molar-refractivity contribution < 1.29 is 9.53 Å². The molecule has 0 fully saturated rings. The molecule has 120 valence electrons. The van der Waals surface area contributed by atoms with Crippen molar-refractivity contribution in [3.8, 4) is 6.07 Å². The summed E-state index contributed by atoms with van der Waals surface area (Å²) in [7, 11) is 0. The average Bonchev–Trinajstić information content (AvgIpc) is 2.59. The number of esters is 1. The molecule has 1 aromatic carbocycles. The van der Waals surface area contributed by atoms with Crippen molar-refractivity contribution in [1.29, 1.82) is 5.26 Å². The van der Waals surface area contributed by atoms with Crippen LogP contribution >= 0.6 is 0 Å². The highest BCUT2D eigenvalue weighted by atomic mass is 16.5. The molecule has 0 saturated heterocycles. The van der Waals surface area contributed by atoms with Gasteiger partial charge in [0.05, 0.1) is 12.7 Å². The standard InChI is InChI=1S/C20H18N2O2/c1-2-24-20(23)8-7-17-11-16(5-3-9-21)12-19(13-17)14-18-6-4-10-22-15-18/h3-8,10-13,15H,2,14H2,1H3. The van der Waals surface area contributed by atoms with E-state index in [4.69, 9.17) is 10.00 Å². The van der Waals surface area contributed by atoms with Gasteiger partial charge in [0.25, 0.3) is 0 Å². The molecule has 0 aliphatic heterocycles. The van der Waals surface area contributed by atoms with Crippen LogP contribution in [0.25, 0.3) is 12.2 Å². The molecule has 2 aromatic rings. The highest BCUT2D eigenvalue weighted by Crippen LogP contribution is 2.17. The molecular formula is C20H18N2O2. The minimum atomic E-state index is -0.371. The van der Waals surface area contributed by atoms with Crippen LogP contribution in [0.5, 0.6) is 0 Å². The van der Waals surface area contributed by atoms with Crippen molar-refractivity contribution >= 4 is 18.1 Å². The van der Waals surface area contributed by atoms with Gasteiger partial charge >= 0.3 is 5.97 Å². The maximum Gasteiger partial charge on any atom is 0.330 e. The summed E-state index contributed by atoms with van der Waals surface area (Å²) in [6, 6.07) is 11.8. The minimum Gasteiger partial charge on any atom is -0.463 e. The predicted molar refractivity (Wildman–Crippen MR) is 93.8 cm³/mol. The van der Waals surface area contributed by atoms with Crippen LogP contribution < -0.4 is 0 Å². The summed E-state index contributed by atoms with van der Waals surface area (Å²) in [6.07, 6.45) is 10.6. The van der Waals surface area contributed by atoms with Crippen molar-refractivity contribution in [2.24, 2.45) is 0 Å². The summed E-state index contributed by atoms with van der Waals surface area (Å²) in [4.78, 5) is 15.6. The molecule has 4 nitrogen and oxygen atoms in total. The molecule has 0 spiro atoms. The highest BCUT2D eigenvalue weighted by Gasteiger charge is 2.01. The first-order valence-electron chi connectivity index (χ1n) is 7.65. The van der Waals surface area contributed by atoms with E-state index in [2.05, 4.69) is 4.98 Å². The molecule has 1 aromatic heterocycles. The van der Waals surface area contributed by atoms with Gasteiger partial charge in [-0.25, -0.2) is 4.79 Å². The van der Waals surface area contributed by atoms with Gasteiger partial charge in [-0.2, -0.15) is 5.26 Å². The quantitative estimate of drug-likeness (QED) is 0.462. The Balaban J connectivity index is 2.29. The zero-order valence-electron chi connectivity index (χ0n) is 13.5. The number of ether oxygens (including phenoxy) is 1. The smallest absolute Gasteiger partial charge is 0.330 e. The summed E-state index contributed by atoms with van der Waals surface area (Å²) in [5, 5.41) is 8.72. The first-order chi connectivity index (χ1) is 11.7. The first-order valence-corrected chi connectivity index (χ1v) is 7.65. The van der Waals surface area contributed by atoms with Gasteiger partial charge in [0.15, 0.2) is 0 Å². The Kier molecular flexibility index (Phi) is 6.48. The normalized spacial score (nSPS) is 10.8. The van der Waals surface area contributed by atoms with Crippen LogP contribution in [0, 0.1) is 11.3 Å². The van der Waals surface area contributed by atoms with Crippen LogP contribution in [-0.2, 0) is 16.0 Å². The zero-order chi connectivity index (χ0) is 17.2. The number of rotatable bonds is 6. The lowest BCUT2D eigenvalue weighted by molar-refractivity contribution is -0.137. The monoisotopic (exact) mass is 318 g/mol. The highest BCUT2D eigenvalue weighted by molar-refractivity contribution is 5.87. The lowest BCUT2D eigenvalue weighted by Gasteiger charge is -2.06. The number of nitrogens with zero attached hydrogens (tertiary/aromatic N) is 2. The lowest BCUT2D eigenvalue weighted by Crippen LogP contribution is -1.98. The number of nitriles is 1. The van der Waals surface area contributed by atoms with Gasteiger partial charge in [0.1, 0.15) is 0 Å². The number of carbonyl (C=O) groups is 1. The summed E-state index contributed by atoms with van der Waals surface area (Å²) < 4.78 is 4.89. The molecular weight excluding hydrogens is 300 g/mol. The largest absolute Gasteiger partial charge is 0.463 e. The van der Waals surface area contributed by atoms with Gasteiger partial charge in [0.2, 0.25) is 0 Å². The minimum absolute atomic E-state index is 0.348. The van der Waals surface area contributed by atoms with Crippen molar-refractivity contribution in [2.45, 2.75) is 13.3 Å². The zero-order valence-corrected chi connectivity index (χ0v) is 13.5.